The standard InChI is InChI=1S/C29H38N4O4/c1-4-24(22-8-6-5-7-9-22)28(35)32-14-12-31(13-15-32)26-11-10-23(30-27(34)21(2)3)20-25(26)29(36)33-16-18-37-19-17-33/h5-11,20-21,24H,4,12-19H2,1-3H3,(H,30,34). The normalized spacial score (nSPS) is 17.0. The minimum Gasteiger partial charge on any atom is -0.378 e. The van der Waals surface area contributed by atoms with Gasteiger partial charge in [0.1, 0.15) is 0 Å². The molecule has 8 heteroatoms. The summed E-state index contributed by atoms with van der Waals surface area (Å²) < 4.78 is 5.43. The molecule has 2 fully saturated rings. The molecule has 2 aromatic rings. The molecule has 0 spiro atoms. The highest BCUT2D eigenvalue weighted by molar-refractivity contribution is 6.02. The van der Waals surface area contributed by atoms with Gasteiger partial charge in [-0.05, 0) is 30.2 Å². The first-order valence-corrected chi connectivity index (χ1v) is 13.3. The van der Waals surface area contributed by atoms with Crippen molar-refractivity contribution in [1.82, 2.24) is 9.80 Å². The summed E-state index contributed by atoms with van der Waals surface area (Å²) in [5.41, 5.74) is 3.07. The van der Waals surface area contributed by atoms with Crippen molar-refractivity contribution in [1.29, 1.82) is 0 Å². The summed E-state index contributed by atoms with van der Waals surface area (Å²) in [5.74, 6) is -0.299. The van der Waals surface area contributed by atoms with Gasteiger partial charge in [-0.1, -0.05) is 51.1 Å². The van der Waals surface area contributed by atoms with Gasteiger partial charge in [0.2, 0.25) is 11.8 Å². The average Bonchev–Trinajstić information content (AvgIpc) is 2.94. The Morgan fingerprint density at radius 3 is 2.19 bits per heavy atom. The van der Waals surface area contributed by atoms with Gasteiger partial charge in [0.05, 0.1) is 24.7 Å². The molecule has 0 aromatic heterocycles. The zero-order valence-corrected chi connectivity index (χ0v) is 22.1. The van der Waals surface area contributed by atoms with Crippen molar-refractivity contribution < 1.29 is 19.1 Å². The van der Waals surface area contributed by atoms with E-state index < -0.39 is 0 Å². The van der Waals surface area contributed by atoms with Crippen molar-refractivity contribution >= 4 is 29.1 Å². The Morgan fingerprint density at radius 2 is 1.57 bits per heavy atom. The van der Waals surface area contributed by atoms with Gasteiger partial charge in [-0.15, -0.1) is 0 Å². The molecular formula is C29H38N4O4. The lowest BCUT2D eigenvalue weighted by molar-refractivity contribution is -0.133. The predicted molar refractivity (Wildman–Crippen MR) is 145 cm³/mol. The van der Waals surface area contributed by atoms with Crippen LogP contribution < -0.4 is 10.2 Å². The van der Waals surface area contributed by atoms with E-state index in [4.69, 9.17) is 4.74 Å². The summed E-state index contributed by atoms with van der Waals surface area (Å²) >= 11 is 0. The van der Waals surface area contributed by atoms with Crippen LogP contribution in [-0.2, 0) is 14.3 Å². The number of anilines is 2. The smallest absolute Gasteiger partial charge is 0.256 e. The van der Waals surface area contributed by atoms with Gasteiger partial charge in [-0.2, -0.15) is 0 Å². The molecule has 2 aliphatic heterocycles. The fourth-order valence-corrected chi connectivity index (χ4v) is 4.91. The summed E-state index contributed by atoms with van der Waals surface area (Å²) in [7, 11) is 0. The number of carbonyl (C=O) groups is 3. The molecule has 1 unspecified atom stereocenters. The van der Waals surface area contributed by atoms with Gasteiger partial charge >= 0.3 is 0 Å². The van der Waals surface area contributed by atoms with E-state index in [1.165, 1.54) is 0 Å². The van der Waals surface area contributed by atoms with Crippen molar-refractivity contribution in [2.45, 2.75) is 33.1 Å². The molecule has 8 nitrogen and oxygen atoms in total. The van der Waals surface area contributed by atoms with Crippen molar-refractivity contribution in [2.24, 2.45) is 5.92 Å². The van der Waals surface area contributed by atoms with E-state index >= 15 is 0 Å². The highest BCUT2D eigenvalue weighted by Crippen LogP contribution is 2.29. The molecule has 1 atom stereocenters. The molecule has 0 radical (unpaired) electrons. The molecular weight excluding hydrogens is 468 g/mol. The van der Waals surface area contributed by atoms with Gasteiger partial charge in [0.15, 0.2) is 0 Å². The lowest BCUT2D eigenvalue weighted by atomic mass is 9.94. The number of benzene rings is 2. The largest absolute Gasteiger partial charge is 0.378 e. The van der Waals surface area contributed by atoms with Crippen molar-refractivity contribution in [2.75, 3.05) is 62.7 Å². The molecule has 37 heavy (non-hydrogen) atoms. The second-order valence-corrected chi connectivity index (χ2v) is 9.96. The predicted octanol–water partition coefficient (Wildman–Crippen LogP) is 3.60. The van der Waals surface area contributed by atoms with Crippen LogP contribution in [0.4, 0.5) is 11.4 Å². The number of morpholine rings is 1. The first kappa shape index (κ1) is 26.7. The Bertz CT molecular complexity index is 1090. The number of piperazine rings is 1. The summed E-state index contributed by atoms with van der Waals surface area (Å²) in [6.07, 6.45) is 0.755. The second kappa shape index (κ2) is 12.2. The first-order valence-electron chi connectivity index (χ1n) is 13.3. The highest BCUT2D eigenvalue weighted by atomic mass is 16.5. The van der Waals surface area contributed by atoms with E-state index in [0.717, 1.165) is 17.7 Å². The molecule has 0 saturated carbocycles. The van der Waals surface area contributed by atoms with Crippen molar-refractivity contribution in [3.8, 4) is 0 Å². The molecule has 0 aliphatic carbocycles. The zero-order valence-electron chi connectivity index (χ0n) is 22.1. The Labute approximate surface area is 219 Å². The Hall–Kier alpha value is -3.39. The maximum Gasteiger partial charge on any atom is 0.256 e. The van der Waals surface area contributed by atoms with Crippen LogP contribution in [0.2, 0.25) is 0 Å². The molecule has 4 rings (SSSR count). The fourth-order valence-electron chi connectivity index (χ4n) is 4.91. The Morgan fingerprint density at radius 1 is 0.892 bits per heavy atom. The Balaban J connectivity index is 1.51. The molecule has 2 heterocycles. The lowest BCUT2D eigenvalue weighted by Crippen LogP contribution is -2.50. The molecule has 2 aliphatic rings. The lowest BCUT2D eigenvalue weighted by Gasteiger charge is -2.38. The van der Waals surface area contributed by atoms with Crippen LogP contribution >= 0.6 is 0 Å². The summed E-state index contributed by atoms with van der Waals surface area (Å²) in [6.45, 7) is 10.3. The topological polar surface area (TPSA) is 82.2 Å². The number of amides is 3. The van der Waals surface area contributed by atoms with Crippen molar-refractivity contribution in [3.05, 3.63) is 59.7 Å². The highest BCUT2D eigenvalue weighted by Gasteiger charge is 2.30. The summed E-state index contributed by atoms with van der Waals surface area (Å²) in [5, 5.41) is 2.92. The molecule has 2 aromatic carbocycles. The minimum absolute atomic E-state index is 0.0624. The van der Waals surface area contributed by atoms with E-state index in [-0.39, 0.29) is 29.6 Å². The minimum atomic E-state index is -0.161. The SMILES string of the molecule is CCC(C(=O)N1CCN(c2ccc(NC(=O)C(C)C)cc2C(=O)N2CCOCC2)CC1)c1ccccc1. The number of carbonyl (C=O) groups excluding carboxylic acids is 3. The van der Waals surface area contributed by atoms with Crippen LogP contribution in [0.1, 0.15) is 49.0 Å². The number of nitrogens with one attached hydrogen (secondary N) is 1. The van der Waals surface area contributed by atoms with Gasteiger partial charge in [0.25, 0.3) is 5.91 Å². The van der Waals surface area contributed by atoms with E-state index in [1.807, 2.05) is 66.1 Å². The molecule has 0 bridgehead atoms. The van der Waals surface area contributed by atoms with Crippen LogP contribution in [0.3, 0.4) is 0 Å². The van der Waals surface area contributed by atoms with Gasteiger partial charge < -0.3 is 24.8 Å². The van der Waals surface area contributed by atoms with Crippen LogP contribution in [-0.4, -0.2) is 80.0 Å². The maximum atomic E-state index is 13.6. The first-order chi connectivity index (χ1) is 17.9. The number of hydrogen-bond donors (Lipinski definition) is 1. The van der Waals surface area contributed by atoms with E-state index in [1.54, 1.807) is 6.07 Å². The zero-order chi connectivity index (χ0) is 26.4. The average molecular weight is 507 g/mol. The van der Waals surface area contributed by atoms with Gasteiger partial charge in [-0.25, -0.2) is 0 Å². The molecule has 3 amide bonds. The monoisotopic (exact) mass is 506 g/mol. The summed E-state index contributed by atoms with van der Waals surface area (Å²) in [4.78, 5) is 45.1. The fraction of sp³-hybridized carbons (Fsp3) is 0.483. The number of hydrogen-bond acceptors (Lipinski definition) is 5. The van der Waals surface area contributed by atoms with Gasteiger partial charge in [-0.3, -0.25) is 14.4 Å². The second-order valence-electron chi connectivity index (χ2n) is 9.96. The third-order valence-corrected chi connectivity index (χ3v) is 7.16. The van der Waals surface area contributed by atoms with Crippen molar-refractivity contribution in [3.63, 3.8) is 0 Å². The summed E-state index contributed by atoms with van der Waals surface area (Å²) in [6, 6.07) is 15.5. The van der Waals surface area contributed by atoms with Crippen LogP contribution in [0, 0.1) is 5.92 Å². The van der Waals surface area contributed by atoms with E-state index in [9.17, 15) is 14.4 Å². The molecule has 198 valence electrons. The number of rotatable bonds is 7. The quantitative estimate of drug-likeness (QED) is 0.621. The number of nitrogens with zero attached hydrogens (tertiary/aromatic N) is 3. The number of ether oxygens (including phenoxy) is 1. The molecule has 2 saturated heterocycles. The van der Waals surface area contributed by atoms with Crippen LogP contribution in [0.25, 0.3) is 0 Å². The molecule has 1 N–H and O–H groups in total. The van der Waals surface area contributed by atoms with Crippen LogP contribution in [0.15, 0.2) is 48.5 Å². The third-order valence-electron chi connectivity index (χ3n) is 7.16. The maximum absolute atomic E-state index is 13.6. The van der Waals surface area contributed by atoms with E-state index in [2.05, 4.69) is 17.1 Å². The van der Waals surface area contributed by atoms with E-state index in [0.29, 0.717) is 63.7 Å². The van der Waals surface area contributed by atoms with Crippen LogP contribution in [0.5, 0.6) is 0 Å². The Kier molecular flexibility index (Phi) is 8.82. The third kappa shape index (κ3) is 6.31. The van der Waals surface area contributed by atoms with Gasteiger partial charge in [0, 0.05) is 56.6 Å².